The van der Waals surface area contributed by atoms with Gasteiger partial charge in [-0.2, -0.15) is 0 Å². The Kier molecular flexibility index (Phi) is 3.61. The van der Waals surface area contributed by atoms with E-state index in [1.54, 1.807) is 0 Å². The molecule has 2 aromatic carbocycles. The van der Waals surface area contributed by atoms with Crippen molar-refractivity contribution < 1.29 is 0 Å². The number of aryl methyl sites for hydroxylation is 5. The van der Waals surface area contributed by atoms with Gasteiger partial charge in [0.25, 0.3) is 0 Å². The van der Waals surface area contributed by atoms with Crippen LogP contribution >= 0.6 is 0 Å². The van der Waals surface area contributed by atoms with Crippen LogP contribution in [0.3, 0.4) is 0 Å². The number of hydrogen-bond donors (Lipinski definition) is 1. The average Bonchev–Trinajstić information content (AvgIpc) is 2.39. The highest BCUT2D eigenvalue weighted by atomic mass is 15.0. The lowest BCUT2D eigenvalue weighted by atomic mass is 10.0. The summed E-state index contributed by atoms with van der Waals surface area (Å²) in [7, 11) is 0. The molecule has 22 heavy (non-hydrogen) atoms. The Balaban J connectivity index is 2.08. The molecule has 0 bridgehead atoms. The van der Waals surface area contributed by atoms with Crippen LogP contribution in [0.25, 0.3) is 10.9 Å². The van der Waals surface area contributed by atoms with Crippen molar-refractivity contribution in [2.45, 2.75) is 34.6 Å². The molecule has 112 valence electrons. The Labute approximate surface area is 132 Å². The van der Waals surface area contributed by atoms with Gasteiger partial charge < -0.3 is 5.32 Å². The molecule has 3 aromatic rings. The molecule has 0 spiro atoms. The molecular weight excluding hydrogens is 268 g/mol. The molecule has 1 N–H and O–H groups in total. The van der Waals surface area contributed by atoms with Crippen molar-refractivity contribution in [1.29, 1.82) is 0 Å². The maximum atomic E-state index is 4.82. The number of nitrogens with one attached hydrogen (secondary N) is 1. The number of benzene rings is 2. The van der Waals surface area contributed by atoms with Gasteiger partial charge in [0, 0.05) is 11.1 Å². The van der Waals surface area contributed by atoms with Crippen molar-refractivity contribution in [3.63, 3.8) is 0 Å². The zero-order valence-corrected chi connectivity index (χ0v) is 13.9. The van der Waals surface area contributed by atoms with Crippen LogP contribution in [0.15, 0.2) is 36.4 Å². The molecule has 0 aliphatic heterocycles. The molecule has 2 heteroatoms. The quantitative estimate of drug-likeness (QED) is 0.672. The lowest BCUT2D eigenvalue weighted by Gasteiger charge is -2.12. The molecule has 0 saturated carbocycles. The van der Waals surface area contributed by atoms with Crippen LogP contribution < -0.4 is 5.32 Å². The van der Waals surface area contributed by atoms with E-state index >= 15 is 0 Å². The van der Waals surface area contributed by atoms with E-state index in [9.17, 15) is 0 Å². The molecule has 1 aromatic heterocycles. The Bertz CT molecular complexity index is 843. The Morgan fingerprint density at radius 1 is 0.682 bits per heavy atom. The Hall–Kier alpha value is -2.35. The molecule has 0 amide bonds. The fourth-order valence-electron chi connectivity index (χ4n) is 3.10. The van der Waals surface area contributed by atoms with E-state index in [1.807, 2.05) is 0 Å². The normalized spacial score (nSPS) is 11.0. The van der Waals surface area contributed by atoms with Crippen LogP contribution in [-0.2, 0) is 0 Å². The van der Waals surface area contributed by atoms with Gasteiger partial charge in [-0.3, -0.25) is 0 Å². The first-order valence-corrected chi connectivity index (χ1v) is 7.66. The second-order valence-electron chi connectivity index (χ2n) is 6.30. The monoisotopic (exact) mass is 290 g/mol. The zero-order chi connectivity index (χ0) is 15.9. The Morgan fingerprint density at radius 2 is 1.32 bits per heavy atom. The zero-order valence-electron chi connectivity index (χ0n) is 13.9. The number of anilines is 2. The van der Waals surface area contributed by atoms with Gasteiger partial charge in [-0.25, -0.2) is 4.98 Å². The fraction of sp³-hybridized carbons (Fsp3) is 0.250. The molecule has 0 atom stereocenters. The molecule has 0 saturated heterocycles. The van der Waals surface area contributed by atoms with E-state index in [2.05, 4.69) is 76.3 Å². The minimum Gasteiger partial charge on any atom is -0.340 e. The number of hydrogen-bond acceptors (Lipinski definition) is 2. The average molecular weight is 290 g/mol. The third kappa shape index (κ3) is 2.82. The van der Waals surface area contributed by atoms with Crippen LogP contribution in [-0.4, -0.2) is 4.98 Å². The van der Waals surface area contributed by atoms with Crippen molar-refractivity contribution in [3.8, 4) is 0 Å². The first kappa shape index (κ1) is 14.6. The van der Waals surface area contributed by atoms with Gasteiger partial charge in [0.15, 0.2) is 0 Å². The van der Waals surface area contributed by atoms with Crippen molar-refractivity contribution in [2.75, 3.05) is 5.32 Å². The summed E-state index contributed by atoms with van der Waals surface area (Å²) in [4.78, 5) is 4.82. The summed E-state index contributed by atoms with van der Waals surface area (Å²) in [5.74, 6) is 0.905. The smallest absolute Gasteiger partial charge is 0.131 e. The van der Waals surface area contributed by atoms with E-state index < -0.39 is 0 Å². The maximum Gasteiger partial charge on any atom is 0.131 e. The largest absolute Gasteiger partial charge is 0.340 e. The molecule has 0 fully saturated rings. The second kappa shape index (κ2) is 5.45. The van der Waals surface area contributed by atoms with E-state index in [1.165, 1.54) is 33.2 Å². The number of nitrogens with zero attached hydrogens (tertiary/aromatic N) is 1. The van der Waals surface area contributed by atoms with Crippen molar-refractivity contribution >= 4 is 22.4 Å². The summed E-state index contributed by atoms with van der Waals surface area (Å²) in [6.45, 7) is 10.6. The van der Waals surface area contributed by atoms with Gasteiger partial charge in [-0.05, 0) is 81.1 Å². The van der Waals surface area contributed by atoms with E-state index in [-0.39, 0.29) is 0 Å². The molecule has 2 nitrogen and oxygen atoms in total. The predicted octanol–water partition coefficient (Wildman–Crippen LogP) is 5.52. The van der Waals surface area contributed by atoms with Crippen molar-refractivity contribution in [3.05, 3.63) is 64.2 Å². The van der Waals surface area contributed by atoms with Gasteiger partial charge in [0.05, 0.1) is 5.52 Å². The molecule has 1 heterocycles. The molecule has 3 rings (SSSR count). The minimum absolute atomic E-state index is 0.905. The predicted molar refractivity (Wildman–Crippen MR) is 95.2 cm³/mol. The summed E-state index contributed by atoms with van der Waals surface area (Å²) in [5, 5.41) is 4.69. The minimum atomic E-state index is 0.905. The van der Waals surface area contributed by atoms with Crippen molar-refractivity contribution in [2.24, 2.45) is 0 Å². The van der Waals surface area contributed by atoms with Crippen LogP contribution in [0.4, 0.5) is 11.5 Å². The Morgan fingerprint density at radius 3 is 2.00 bits per heavy atom. The topological polar surface area (TPSA) is 24.9 Å². The summed E-state index contributed by atoms with van der Waals surface area (Å²) in [6.07, 6.45) is 0. The summed E-state index contributed by atoms with van der Waals surface area (Å²) in [6, 6.07) is 13.0. The van der Waals surface area contributed by atoms with E-state index in [0.717, 1.165) is 17.0 Å². The van der Waals surface area contributed by atoms with Crippen molar-refractivity contribution in [1.82, 2.24) is 4.98 Å². The standard InChI is InChI=1S/C20H22N2/c1-12-6-13(2)9-17(8-12)21-19-11-15(4)18-10-14(3)7-16(5)20(18)22-19/h6-11H,1-5H3,(H,21,22). The first-order chi connectivity index (χ1) is 10.4. The molecule has 0 radical (unpaired) electrons. The van der Waals surface area contributed by atoms with Gasteiger partial charge >= 0.3 is 0 Å². The lowest BCUT2D eigenvalue weighted by Crippen LogP contribution is -1.98. The third-order valence-corrected chi connectivity index (χ3v) is 3.95. The van der Waals surface area contributed by atoms with Gasteiger partial charge in [-0.15, -0.1) is 0 Å². The van der Waals surface area contributed by atoms with E-state index in [4.69, 9.17) is 4.98 Å². The molecule has 0 unspecified atom stereocenters. The first-order valence-electron chi connectivity index (χ1n) is 7.66. The second-order valence-corrected chi connectivity index (χ2v) is 6.30. The van der Waals surface area contributed by atoms with Crippen LogP contribution in [0.1, 0.15) is 27.8 Å². The van der Waals surface area contributed by atoms with E-state index in [0.29, 0.717) is 0 Å². The summed E-state index contributed by atoms with van der Waals surface area (Å²) >= 11 is 0. The molecule has 0 aliphatic carbocycles. The van der Waals surface area contributed by atoms with Gasteiger partial charge in [0.2, 0.25) is 0 Å². The third-order valence-electron chi connectivity index (χ3n) is 3.95. The highest BCUT2D eigenvalue weighted by molar-refractivity contribution is 5.87. The number of aromatic nitrogens is 1. The van der Waals surface area contributed by atoms with Crippen LogP contribution in [0.2, 0.25) is 0 Å². The maximum absolute atomic E-state index is 4.82. The highest BCUT2D eigenvalue weighted by Gasteiger charge is 2.07. The summed E-state index contributed by atoms with van der Waals surface area (Å²) < 4.78 is 0. The number of pyridine rings is 1. The fourth-order valence-corrected chi connectivity index (χ4v) is 3.10. The highest BCUT2D eigenvalue weighted by Crippen LogP contribution is 2.26. The molecule has 0 aliphatic rings. The summed E-state index contributed by atoms with van der Waals surface area (Å²) in [5.41, 5.74) is 8.44. The van der Waals surface area contributed by atoms with Gasteiger partial charge in [0.1, 0.15) is 5.82 Å². The SMILES string of the molecule is Cc1cc(C)cc(Nc2cc(C)c3cc(C)cc(C)c3n2)c1. The van der Waals surface area contributed by atoms with Gasteiger partial charge in [-0.1, -0.05) is 17.7 Å². The van der Waals surface area contributed by atoms with Crippen LogP contribution in [0, 0.1) is 34.6 Å². The lowest BCUT2D eigenvalue weighted by molar-refractivity contribution is 1.29. The van der Waals surface area contributed by atoms with Crippen LogP contribution in [0.5, 0.6) is 0 Å². The molecular formula is C20H22N2. The number of fused-ring (bicyclic) bond motifs is 1. The number of rotatable bonds is 2.